The van der Waals surface area contributed by atoms with Gasteiger partial charge in [-0.15, -0.1) is 0 Å². The van der Waals surface area contributed by atoms with Crippen LogP contribution in [0.3, 0.4) is 0 Å². The van der Waals surface area contributed by atoms with E-state index in [1.807, 2.05) is 27.7 Å². The second-order valence-corrected chi connectivity index (χ2v) is 6.53. The summed E-state index contributed by atoms with van der Waals surface area (Å²) in [7, 11) is -3.73. The van der Waals surface area contributed by atoms with Crippen LogP contribution in [0.15, 0.2) is 15.4 Å². The highest BCUT2D eigenvalue weighted by Crippen LogP contribution is 2.35. The monoisotopic (exact) mass is 366 g/mol. The summed E-state index contributed by atoms with van der Waals surface area (Å²) < 4.78 is 37.0. The van der Waals surface area contributed by atoms with E-state index in [2.05, 4.69) is 15.9 Å². The first-order valence-electron chi connectivity index (χ1n) is 6.56. The number of halogens is 2. The topological polar surface area (TPSA) is 51.2 Å². The van der Waals surface area contributed by atoms with Crippen LogP contribution in [-0.2, 0) is 16.3 Å². The van der Waals surface area contributed by atoms with Crippen LogP contribution >= 0.6 is 15.9 Å². The molecule has 0 saturated carbocycles. The molecule has 0 spiro atoms. The van der Waals surface area contributed by atoms with Gasteiger partial charge in [0.05, 0.1) is 0 Å². The molecule has 0 aliphatic heterocycles. The second-order valence-electron chi connectivity index (χ2n) is 3.72. The molecule has 3 nitrogen and oxygen atoms in total. The van der Waals surface area contributed by atoms with E-state index in [-0.39, 0.29) is 17.8 Å². The van der Waals surface area contributed by atoms with Crippen molar-refractivity contribution >= 4 is 31.6 Å². The fourth-order valence-corrected chi connectivity index (χ4v) is 3.52. The maximum Gasteiger partial charge on any atom is 0.179 e. The number of ketones is 1. The summed E-state index contributed by atoms with van der Waals surface area (Å²) in [5.41, 5.74) is 0.612. The van der Waals surface area contributed by atoms with Gasteiger partial charge >= 0.3 is 0 Å². The van der Waals surface area contributed by atoms with Gasteiger partial charge in [-0.2, -0.15) is 0 Å². The molecule has 0 heterocycles. The Morgan fingerprint density at radius 2 is 1.65 bits per heavy atom. The van der Waals surface area contributed by atoms with E-state index < -0.39 is 20.5 Å². The van der Waals surface area contributed by atoms with Crippen molar-refractivity contribution in [3.05, 3.63) is 27.5 Å². The van der Waals surface area contributed by atoms with Gasteiger partial charge in [0, 0.05) is 22.7 Å². The van der Waals surface area contributed by atoms with Crippen molar-refractivity contribution in [2.75, 3.05) is 6.26 Å². The van der Waals surface area contributed by atoms with Gasteiger partial charge in [-0.05, 0) is 18.1 Å². The molecule has 0 unspecified atom stereocenters. The third-order valence-electron chi connectivity index (χ3n) is 2.54. The molecule has 0 amide bonds. The molecule has 0 aromatic heterocycles. The second kappa shape index (κ2) is 7.88. The lowest BCUT2D eigenvalue weighted by molar-refractivity contribution is 0.0991. The van der Waals surface area contributed by atoms with Gasteiger partial charge in [0.1, 0.15) is 10.7 Å². The average molecular weight is 367 g/mol. The quantitative estimate of drug-likeness (QED) is 0.749. The van der Waals surface area contributed by atoms with Gasteiger partial charge < -0.3 is 0 Å². The maximum atomic E-state index is 13.6. The molecule has 20 heavy (non-hydrogen) atoms. The Hall–Kier alpha value is -0.750. The molecule has 1 aromatic carbocycles. The van der Waals surface area contributed by atoms with Crippen LogP contribution in [0.5, 0.6) is 0 Å². The molecule has 0 radical (unpaired) electrons. The fraction of sp³-hybridized carbons (Fsp3) is 0.500. The Balaban J connectivity index is 0.000000829. The van der Waals surface area contributed by atoms with Crippen LogP contribution in [-0.4, -0.2) is 20.5 Å². The lowest BCUT2D eigenvalue weighted by Crippen LogP contribution is -2.09. The maximum absolute atomic E-state index is 13.6. The van der Waals surface area contributed by atoms with Crippen molar-refractivity contribution < 1.29 is 17.6 Å². The van der Waals surface area contributed by atoms with E-state index in [0.717, 1.165) is 12.3 Å². The first-order valence-corrected chi connectivity index (χ1v) is 9.25. The van der Waals surface area contributed by atoms with Crippen LogP contribution in [0, 0.1) is 5.82 Å². The summed E-state index contributed by atoms with van der Waals surface area (Å²) >= 11 is 3.14. The number of carbonyl (C=O) groups is 1. The summed E-state index contributed by atoms with van der Waals surface area (Å²) in [6.07, 6.45) is 1.60. The third-order valence-corrected chi connectivity index (χ3v) is 4.39. The van der Waals surface area contributed by atoms with Crippen LogP contribution in [0.4, 0.5) is 4.39 Å². The first kappa shape index (κ1) is 19.2. The molecule has 114 valence electrons. The Bertz CT molecular complexity index is 595. The number of carbonyl (C=O) groups excluding carboxylic acids is 1. The van der Waals surface area contributed by atoms with Crippen LogP contribution < -0.4 is 0 Å². The Morgan fingerprint density at radius 3 is 2.10 bits per heavy atom. The van der Waals surface area contributed by atoms with E-state index in [1.165, 1.54) is 0 Å². The van der Waals surface area contributed by atoms with Crippen molar-refractivity contribution in [2.24, 2.45) is 0 Å². The SMILES string of the molecule is CC.CC.CS(=O)(=O)c1c(F)cc(Br)c2c1C(=O)CC2. The molecule has 1 aliphatic rings. The molecule has 0 atom stereocenters. The van der Waals surface area contributed by atoms with E-state index in [4.69, 9.17) is 0 Å². The lowest BCUT2D eigenvalue weighted by Gasteiger charge is -2.08. The highest BCUT2D eigenvalue weighted by Gasteiger charge is 2.31. The van der Waals surface area contributed by atoms with E-state index in [1.54, 1.807) is 0 Å². The Morgan fingerprint density at radius 1 is 1.15 bits per heavy atom. The molecule has 0 bridgehead atoms. The van der Waals surface area contributed by atoms with E-state index >= 15 is 0 Å². The van der Waals surface area contributed by atoms with Crippen molar-refractivity contribution in [1.29, 1.82) is 0 Å². The van der Waals surface area contributed by atoms with Crippen molar-refractivity contribution in [3.63, 3.8) is 0 Å². The predicted octanol–water partition coefficient (Wildman–Crippen LogP) is 4.17. The third kappa shape index (κ3) is 3.88. The molecule has 0 saturated heterocycles. The van der Waals surface area contributed by atoms with Crippen LogP contribution in [0.2, 0.25) is 0 Å². The number of hydrogen-bond acceptors (Lipinski definition) is 3. The van der Waals surface area contributed by atoms with Crippen molar-refractivity contribution in [2.45, 2.75) is 45.4 Å². The molecule has 1 aliphatic carbocycles. The van der Waals surface area contributed by atoms with Gasteiger partial charge in [-0.1, -0.05) is 43.6 Å². The number of fused-ring (bicyclic) bond motifs is 1. The normalized spacial score (nSPS) is 12.8. The van der Waals surface area contributed by atoms with Gasteiger partial charge in [0.2, 0.25) is 0 Å². The number of benzene rings is 1. The minimum atomic E-state index is -3.73. The number of Topliss-reactive ketones (excluding diaryl/α,β-unsaturated/α-hetero) is 1. The highest BCUT2D eigenvalue weighted by atomic mass is 79.9. The lowest BCUT2D eigenvalue weighted by atomic mass is 10.1. The summed E-state index contributed by atoms with van der Waals surface area (Å²) in [6, 6.07) is 1.10. The average Bonchev–Trinajstić information content (AvgIpc) is 2.75. The smallest absolute Gasteiger partial charge is 0.179 e. The Labute approximate surface area is 128 Å². The first-order chi connectivity index (χ1) is 9.32. The predicted molar refractivity (Wildman–Crippen MR) is 82.6 cm³/mol. The summed E-state index contributed by atoms with van der Waals surface area (Å²) in [5, 5.41) is 0. The standard InChI is InChI=1S/C10H8BrFO3S.2C2H6/c1-16(14,15)10-7(12)4-6(11)5-2-3-8(13)9(5)10;2*1-2/h4H,2-3H2,1H3;2*1-2H3. The minimum absolute atomic E-state index is 0.0226. The number of sulfone groups is 1. The summed E-state index contributed by atoms with van der Waals surface area (Å²) in [4.78, 5) is 11.1. The molecular weight excluding hydrogens is 347 g/mol. The molecule has 0 N–H and O–H groups in total. The molecule has 6 heteroatoms. The molecular formula is C14H20BrFO3S. The van der Waals surface area contributed by atoms with E-state index in [9.17, 15) is 17.6 Å². The van der Waals surface area contributed by atoms with Gasteiger partial charge in [0.15, 0.2) is 15.6 Å². The number of hydrogen-bond donors (Lipinski definition) is 0. The minimum Gasteiger partial charge on any atom is -0.294 e. The van der Waals surface area contributed by atoms with Crippen molar-refractivity contribution in [3.8, 4) is 0 Å². The van der Waals surface area contributed by atoms with Crippen LogP contribution in [0.1, 0.15) is 50.0 Å². The molecule has 2 rings (SSSR count). The zero-order valence-corrected chi connectivity index (χ0v) is 14.8. The zero-order valence-electron chi connectivity index (χ0n) is 12.4. The largest absolute Gasteiger partial charge is 0.294 e. The van der Waals surface area contributed by atoms with Gasteiger partial charge in [-0.3, -0.25) is 4.79 Å². The van der Waals surface area contributed by atoms with Gasteiger partial charge in [0.25, 0.3) is 0 Å². The molecule has 1 aromatic rings. The zero-order chi connectivity index (χ0) is 16.1. The van der Waals surface area contributed by atoms with E-state index in [0.29, 0.717) is 16.5 Å². The Kier molecular flexibility index (Phi) is 7.59. The van der Waals surface area contributed by atoms with Gasteiger partial charge in [-0.25, -0.2) is 12.8 Å². The fourth-order valence-electron chi connectivity index (χ4n) is 1.91. The van der Waals surface area contributed by atoms with Crippen molar-refractivity contribution in [1.82, 2.24) is 0 Å². The highest BCUT2D eigenvalue weighted by molar-refractivity contribution is 9.10. The summed E-state index contributed by atoms with van der Waals surface area (Å²) in [6.45, 7) is 8.00. The summed E-state index contributed by atoms with van der Waals surface area (Å²) in [5.74, 6) is -1.18. The van der Waals surface area contributed by atoms with Crippen LogP contribution in [0.25, 0.3) is 0 Å². The number of rotatable bonds is 1. The molecule has 0 fully saturated rings.